The Labute approximate surface area is 195 Å². The van der Waals surface area contributed by atoms with Crippen LogP contribution in [0.4, 0.5) is 0 Å². The first-order chi connectivity index (χ1) is 15.3. The van der Waals surface area contributed by atoms with Gasteiger partial charge in [0.2, 0.25) is 20.0 Å². The largest absolute Gasteiger partial charge is 0.295 e. The van der Waals surface area contributed by atoms with Crippen molar-refractivity contribution in [2.75, 3.05) is 32.7 Å². The molecule has 2 fully saturated rings. The maximum absolute atomic E-state index is 13.0. The fourth-order valence-corrected chi connectivity index (χ4v) is 7.19. The molecule has 0 amide bonds. The zero-order valence-corrected chi connectivity index (χ0v) is 20.2. The summed E-state index contributed by atoms with van der Waals surface area (Å²) >= 11 is 6.41. The second kappa shape index (κ2) is 9.79. The van der Waals surface area contributed by atoms with Crippen LogP contribution in [0.1, 0.15) is 37.3 Å². The number of likely N-dealkylation sites (tertiary alicyclic amines) is 1. The molecule has 1 N–H and O–H groups in total. The van der Waals surface area contributed by atoms with E-state index in [1.807, 2.05) is 24.3 Å². The maximum atomic E-state index is 13.0. The maximum Gasteiger partial charge on any atom is 0.243 e. The van der Waals surface area contributed by atoms with Gasteiger partial charge in [-0.25, -0.2) is 21.6 Å². The first-order valence-corrected chi connectivity index (χ1v) is 14.2. The van der Waals surface area contributed by atoms with Crippen LogP contribution in [-0.4, -0.2) is 58.8 Å². The van der Waals surface area contributed by atoms with Crippen LogP contribution >= 0.6 is 11.6 Å². The average molecular weight is 498 g/mol. The SMILES string of the molecule is O=S(=O)(NC[C@@H](c1ccccc1Cl)N1CCCC1)c1ccc(S(=O)(=O)N2CCCC2)cc1. The molecule has 2 aliphatic heterocycles. The molecule has 2 aromatic carbocycles. The Bertz CT molecular complexity index is 1140. The van der Waals surface area contributed by atoms with Crippen molar-refractivity contribution in [3.63, 3.8) is 0 Å². The second-order valence-electron chi connectivity index (χ2n) is 8.21. The summed E-state index contributed by atoms with van der Waals surface area (Å²) in [5.41, 5.74) is 0.894. The Balaban J connectivity index is 1.51. The first kappa shape index (κ1) is 23.7. The summed E-state index contributed by atoms with van der Waals surface area (Å²) in [5.74, 6) is 0. The van der Waals surface area contributed by atoms with Crippen molar-refractivity contribution >= 4 is 31.6 Å². The van der Waals surface area contributed by atoms with Crippen molar-refractivity contribution in [1.29, 1.82) is 0 Å². The minimum atomic E-state index is -3.82. The van der Waals surface area contributed by atoms with Crippen molar-refractivity contribution in [3.05, 3.63) is 59.1 Å². The highest BCUT2D eigenvalue weighted by Gasteiger charge is 2.29. The molecule has 32 heavy (non-hydrogen) atoms. The van der Waals surface area contributed by atoms with Crippen LogP contribution in [0.5, 0.6) is 0 Å². The Morgan fingerprint density at radius 2 is 1.38 bits per heavy atom. The number of nitrogens with one attached hydrogen (secondary N) is 1. The molecular weight excluding hydrogens is 470 g/mol. The molecule has 2 aromatic rings. The van der Waals surface area contributed by atoms with Crippen molar-refractivity contribution in [2.45, 2.75) is 41.5 Å². The Kier molecular flexibility index (Phi) is 7.24. The summed E-state index contributed by atoms with van der Waals surface area (Å²) in [6, 6.07) is 12.8. The predicted octanol–water partition coefficient (Wildman–Crippen LogP) is 3.24. The van der Waals surface area contributed by atoms with E-state index in [4.69, 9.17) is 11.6 Å². The monoisotopic (exact) mass is 497 g/mol. The van der Waals surface area contributed by atoms with Gasteiger partial charge in [-0.3, -0.25) is 4.90 Å². The van der Waals surface area contributed by atoms with Gasteiger partial charge in [0.25, 0.3) is 0 Å². The third-order valence-corrected chi connectivity index (χ3v) is 9.85. The van der Waals surface area contributed by atoms with E-state index in [1.54, 1.807) is 0 Å². The highest BCUT2D eigenvalue weighted by molar-refractivity contribution is 7.89. The smallest absolute Gasteiger partial charge is 0.243 e. The molecule has 4 rings (SSSR count). The normalized spacial score (nSPS) is 19.4. The fraction of sp³-hybridized carbons (Fsp3) is 0.455. The van der Waals surface area contributed by atoms with Crippen LogP contribution in [0.25, 0.3) is 0 Å². The van der Waals surface area contributed by atoms with Gasteiger partial charge in [-0.05, 0) is 74.7 Å². The van der Waals surface area contributed by atoms with E-state index >= 15 is 0 Å². The van der Waals surface area contributed by atoms with E-state index in [0.717, 1.165) is 44.3 Å². The van der Waals surface area contributed by atoms with Crippen molar-refractivity contribution in [3.8, 4) is 0 Å². The van der Waals surface area contributed by atoms with Gasteiger partial charge in [-0.2, -0.15) is 4.31 Å². The summed E-state index contributed by atoms with van der Waals surface area (Å²) in [4.78, 5) is 2.40. The zero-order chi connectivity index (χ0) is 22.8. The van der Waals surface area contributed by atoms with Crippen molar-refractivity contribution in [2.24, 2.45) is 0 Å². The molecule has 1 atom stereocenters. The molecule has 0 aromatic heterocycles. The molecule has 2 saturated heterocycles. The number of benzene rings is 2. The number of rotatable bonds is 8. The van der Waals surface area contributed by atoms with Gasteiger partial charge in [-0.15, -0.1) is 0 Å². The molecule has 0 spiro atoms. The van der Waals surface area contributed by atoms with Gasteiger partial charge in [0.1, 0.15) is 0 Å². The van der Waals surface area contributed by atoms with Crippen LogP contribution in [0, 0.1) is 0 Å². The van der Waals surface area contributed by atoms with Gasteiger partial charge in [0.05, 0.1) is 9.79 Å². The minimum Gasteiger partial charge on any atom is -0.295 e. The third-order valence-electron chi connectivity index (χ3n) is 6.15. The molecule has 0 aliphatic carbocycles. The highest BCUT2D eigenvalue weighted by atomic mass is 35.5. The average Bonchev–Trinajstić information content (AvgIpc) is 3.50. The number of nitrogens with zero attached hydrogens (tertiary/aromatic N) is 2. The number of hydrogen-bond acceptors (Lipinski definition) is 5. The lowest BCUT2D eigenvalue weighted by molar-refractivity contribution is 0.246. The topological polar surface area (TPSA) is 86.8 Å². The van der Waals surface area contributed by atoms with E-state index < -0.39 is 20.0 Å². The highest BCUT2D eigenvalue weighted by Crippen LogP contribution is 2.30. The summed E-state index contributed by atoms with van der Waals surface area (Å²) in [5, 5.41) is 0.611. The number of halogens is 1. The number of sulfonamides is 2. The molecular formula is C22H28ClN3O4S2. The molecule has 174 valence electrons. The van der Waals surface area contributed by atoms with Crippen LogP contribution < -0.4 is 4.72 Å². The van der Waals surface area contributed by atoms with Crippen molar-refractivity contribution in [1.82, 2.24) is 13.9 Å². The molecule has 0 radical (unpaired) electrons. The summed E-state index contributed by atoms with van der Waals surface area (Å²) < 4.78 is 55.4. The predicted molar refractivity (Wildman–Crippen MR) is 125 cm³/mol. The minimum absolute atomic E-state index is 0.0391. The number of hydrogen-bond donors (Lipinski definition) is 1. The van der Waals surface area contributed by atoms with Gasteiger partial charge >= 0.3 is 0 Å². The first-order valence-electron chi connectivity index (χ1n) is 10.9. The lowest BCUT2D eigenvalue weighted by atomic mass is 10.1. The summed E-state index contributed by atoms with van der Waals surface area (Å²) in [6.45, 7) is 2.97. The second-order valence-corrected chi connectivity index (χ2v) is 12.3. The van der Waals surface area contributed by atoms with Crippen LogP contribution in [-0.2, 0) is 20.0 Å². The Hall–Kier alpha value is -1.49. The molecule has 7 nitrogen and oxygen atoms in total. The van der Waals surface area contributed by atoms with Crippen molar-refractivity contribution < 1.29 is 16.8 Å². The Morgan fingerprint density at radius 3 is 2.00 bits per heavy atom. The van der Waals surface area contributed by atoms with E-state index in [0.29, 0.717) is 18.1 Å². The molecule has 2 aliphatic rings. The lowest BCUT2D eigenvalue weighted by Crippen LogP contribution is -2.37. The van der Waals surface area contributed by atoms with E-state index in [-0.39, 0.29) is 22.4 Å². The molecule has 0 unspecified atom stereocenters. The molecule has 0 saturated carbocycles. The summed E-state index contributed by atoms with van der Waals surface area (Å²) in [6.07, 6.45) is 3.83. The van der Waals surface area contributed by atoms with Crippen LogP contribution in [0.2, 0.25) is 5.02 Å². The Morgan fingerprint density at radius 1 is 0.812 bits per heavy atom. The summed E-state index contributed by atoms with van der Waals surface area (Å²) in [7, 11) is -7.40. The van der Waals surface area contributed by atoms with E-state index in [1.165, 1.54) is 28.6 Å². The molecule has 10 heteroatoms. The van der Waals surface area contributed by atoms with Crippen LogP contribution in [0.15, 0.2) is 58.3 Å². The molecule has 2 heterocycles. The lowest BCUT2D eigenvalue weighted by Gasteiger charge is -2.29. The van der Waals surface area contributed by atoms with Gasteiger partial charge < -0.3 is 0 Å². The third kappa shape index (κ3) is 5.03. The zero-order valence-electron chi connectivity index (χ0n) is 17.8. The quantitative estimate of drug-likeness (QED) is 0.605. The van der Waals surface area contributed by atoms with Crippen LogP contribution in [0.3, 0.4) is 0 Å². The van der Waals surface area contributed by atoms with Gasteiger partial charge in [-0.1, -0.05) is 29.8 Å². The van der Waals surface area contributed by atoms with E-state index in [2.05, 4.69) is 9.62 Å². The van der Waals surface area contributed by atoms with E-state index in [9.17, 15) is 16.8 Å². The molecule has 0 bridgehead atoms. The van der Waals surface area contributed by atoms with Gasteiger partial charge in [0.15, 0.2) is 0 Å². The fourth-order valence-electron chi connectivity index (χ4n) is 4.37. The van der Waals surface area contributed by atoms with Gasteiger partial charge in [0, 0.05) is 30.7 Å². The standard InChI is InChI=1S/C22H28ClN3O4S2/c23-21-8-2-1-7-20(21)22(25-13-3-4-14-25)17-24-31(27,28)18-9-11-19(12-10-18)32(29,30)26-15-5-6-16-26/h1-2,7-12,22,24H,3-6,13-17H2/t22-/m0/s1.